The summed E-state index contributed by atoms with van der Waals surface area (Å²) in [6, 6.07) is 20.2. The van der Waals surface area contributed by atoms with Crippen LogP contribution in [0.3, 0.4) is 0 Å². The summed E-state index contributed by atoms with van der Waals surface area (Å²) < 4.78 is 62.2. The van der Waals surface area contributed by atoms with Crippen molar-refractivity contribution in [3.05, 3.63) is 95.4 Å². The number of halogens is 4. The van der Waals surface area contributed by atoms with Gasteiger partial charge in [-0.1, -0.05) is 61.4 Å². The second kappa shape index (κ2) is 14.6. The fourth-order valence-electron chi connectivity index (χ4n) is 5.77. The molecule has 1 aliphatic heterocycles. The van der Waals surface area contributed by atoms with Gasteiger partial charge in [0.05, 0.1) is 23.9 Å². The molecule has 4 aromatic rings. The molecule has 44 heavy (non-hydrogen) atoms. The van der Waals surface area contributed by atoms with Crippen LogP contribution in [0, 0.1) is 5.95 Å². The van der Waals surface area contributed by atoms with Gasteiger partial charge in [0.15, 0.2) is 0 Å². The minimum Gasteiger partial charge on any atom is -0.494 e. The zero-order chi connectivity index (χ0) is 30.9. The van der Waals surface area contributed by atoms with Gasteiger partial charge in [0.25, 0.3) is 0 Å². The minimum atomic E-state index is -4.47. The summed E-state index contributed by atoms with van der Waals surface area (Å²) in [5.74, 6) is 0.229. The molecule has 0 atom stereocenters. The van der Waals surface area contributed by atoms with Crippen molar-refractivity contribution in [2.24, 2.45) is 0 Å². The SMILES string of the molecule is O=C(CCCCCCOc1ccc(/C(=C(/CC(F)(F)F)c2ccccc2)c2ccc3n[nH]c(F)c3c2)cc1)N1CCCCC1. The van der Waals surface area contributed by atoms with Crippen LogP contribution in [0.2, 0.25) is 0 Å². The highest BCUT2D eigenvalue weighted by Gasteiger charge is 2.31. The number of hydrogen-bond donors (Lipinski definition) is 1. The summed E-state index contributed by atoms with van der Waals surface area (Å²) in [6.07, 6.45) is 2.00. The van der Waals surface area contributed by atoms with E-state index in [2.05, 4.69) is 10.2 Å². The molecule has 0 unspecified atom stereocenters. The minimum absolute atomic E-state index is 0.0915. The molecule has 3 aromatic carbocycles. The van der Waals surface area contributed by atoms with E-state index in [0.29, 0.717) is 46.6 Å². The van der Waals surface area contributed by atoms with Crippen molar-refractivity contribution in [1.82, 2.24) is 15.1 Å². The van der Waals surface area contributed by atoms with Gasteiger partial charge in [0.2, 0.25) is 11.9 Å². The third-order valence-corrected chi connectivity index (χ3v) is 8.00. The number of carbonyl (C=O) groups is 1. The number of allylic oxidation sites excluding steroid dienone is 1. The first-order chi connectivity index (χ1) is 21.3. The number of ether oxygens (including phenoxy) is 1. The topological polar surface area (TPSA) is 58.2 Å². The van der Waals surface area contributed by atoms with Gasteiger partial charge in [-0.05, 0) is 84.2 Å². The highest BCUT2D eigenvalue weighted by molar-refractivity contribution is 6.00. The van der Waals surface area contributed by atoms with Crippen LogP contribution < -0.4 is 4.74 Å². The smallest absolute Gasteiger partial charge is 0.393 e. The van der Waals surface area contributed by atoms with Gasteiger partial charge in [-0.25, -0.2) is 0 Å². The van der Waals surface area contributed by atoms with Crippen molar-refractivity contribution in [2.45, 2.75) is 64.0 Å². The molecule has 1 aliphatic rings. The zero-order valence-corrected chi connectivity index (χ0v) is 24.6. The maximum Gasteiger partial charge on any atom is 0.393 e. The maximum atomic E-state index is 14.4. The van der Waals surface area contributed by atoms with Crippen LogP contribution in [0.4, 0.5) is 17.6 Å². The van der Waals surface area contributed by atoms with Gasteiger partial charge in [0, 0.05) is 19.5 Å². The number of carbonyl (C=O) groups excluding carboxylic acids is 1. The third kappa shape index (κ3) is 8.27. The largest absolute Gasteiger partial charge is 0.494 e. The molecule has 5 rings (SSSR count). The molecule has 5 nitrogen and oxygen atoms in total. The summed E-state index contributed by atoms with van der Waals surface area (Å²) >= 11 is 0. The Morgan fingerprint density at radius 2 is 1.55 bits per heavy atom. The van der Waals surface area contributed by atoms with Gasteiger partial charge in [-0.2, -0.15) is 22.7 Å². The molecule has 232 valence electrons. The molecule has 1 aromatic heterocycles. The van der Waals surface area contributed by atoms with E-state index in [1.165, 1.54) is 12.5 Å². The van der Waals surface area contributed by atoms with E-state index in [1.807, 2.05) is 4.90 Å². The van der Waals surface area contributed by atoms with E-state index in [9.17, 15) is 22.4 Å². The highest BCUT2D eigenvalue weighted by Crippen LogP contribution is 2.40. The molecule has 0 saturated carbocycles. The Labute approximate surface area is 254 Å². The van der Waals surface area contributed by atoms with Crippen LogP contribution in [0.15, 0.2) is 72.8 Å². The number of aromatic nitrogens is 2. The second-order valence-electron chi connectivity index (χ2n) is 11.3. The summed E-state index contributed by atoms with van der Waals surface area (Å²) in [7, 11) is 0. The molecule has 1 fully saturated rings. The van der Waals surface area contributed by atoms with Gasteiger partial charge in [0.1, 0.15) is 5.75 Å². The third-order valence-electron chi connectivity index (χ3n) is 8.00. The zero-order valence-electron chi connectivity index (χ0n) is 24.6. The van der Waals surface area contributed by atoms with Crippen molar-refractivity contribution in [3.63, 3.8) is 0 Å². The van der Waals surface area contributed by atoms with Crippen LogP contribution in [-0.4, -0.2) is 46.9 Å². The number of fused-ring (bicyclic) bond motifs is 1. The number of piperidine rings is 1. The predicted octanol–water partition coefficient (Wildman–Crippen LogP) is 8.96. The van der Waals surface area contributed by atoms with Crippen molar-refractivity contribution < 1.29 is 27.1 Å². The average molecular weight is 608 g/mol. The molecule has 0 aliphatic carbocycles. The number of benzene rings is 3. The van der Waals surface area contributed by atoms with Crippen LogP contribution in [0.25, 0.3) is 22.0 Å². The number of unbranched alkanes of at least 4 members (excludes halogenated alkanes) is 3. The first-order valence-corrected chi connectivity index (χ1v) is 15.3. The first-order valence-electron chi connectivity index (χ1n) is 15.3. The Balaban J connectivity index is 1.29. The number of nitrogens with zero attached hydrogens (tertiary/aromatic N) is 2. The number of H-pyrrole nitrogens is 1. The summed E-state index contributed by atoms with van der Waals surface area (Å²) in [6.45, 7) is 2.27. The lowest BCUT2D eigenvalue weighted by Crippen LogP contribution is -2.35. The van der Waals surface area contributed by atoms with E-state index in [4.69, 9.17) is 4.74 Å². The van der Waals surface area contributed by atoms with E-state index < -0.39 is 18.5 Å². The van der Waals surface area contributed by atoms with Crippen molar-refractivity contribution in [1.29, 1.82) is 0 Å². The van der Waals surface area contributed by atoms with Crippen molar-refractivity contribution in [2.75, 3.05) is 19.7 Å². The number of likely N-dealkylation sites (tertiary alicyclic amines) is 1. The average Bonchev–Trinajstić information content (AvgIpc) is 3.41. The van der Waals surface area contributed by atoms with Crippen molar-refractivity contribution in [3.8, 4) is 5.75 Å². The lowest BCUT2D eigenvalue weighted by molar-refractivity contribution is -0.132. The number of nitrogens with one attached hydrogen (secondary N) is 1. The molecule has 1 amide bonds. The lowest BCUT2D eigenvalue weighted by atomic mass is 9.87. The van der Waals surface area contributed by atoms with E-state index in [1.54, 1.807) is 66.7 Å². The van der Waals surface area contributed by atoms with Crippen molar-refractivity contribution >= 4 is 28.0 Å². The fourth-order valence-corrected chi connectivity index (χ4v) is 5.77. The maximum absolute atomic E-state index is 14.4. The Hall–Kier alpha value is -4.14. The predicted molar refractivity (Wildman–Crippen MR) is 165 cm³/mol. The second-order valence-corrected chi connectivity index (χ2v) is 11.3. The Bertz CT molecular complexity index is 1560. The number of aromatic amines is 1. The van der Waals surface area contributed by atoms with Gasteiger partial charge in [-0.15, -0.1) is 0 Å². The molecule has 9 heteroatoms. The molecule has 0 radical (unpaired) electrons. The molecular formula is C35H37F4N3O2. The van der Waals surface area contributed by atoms with Crippen LogP contribution in [0.5, 0.6) is 5.75 Å². The molecule has 1 saturated heterocycles. The normalized spacial score (nSPS) is 14.5. The summed E-state index contributed by atoms with van der Waals surface area (Å²) in [5.41, 5.74) is 2.29. The fraction of sp³-hybridized carbons (Fsp3) is 0.371. The van der Waals surface area contributed by atoms with E-state index >= 15 is 0 Å². The van der Waals surface area contributed by atoms with Gasteiger partial charge >= 0.3 is 6.18 Å². The quantitative estimate of drug-likeness (QED) is 0.0994. The molecule has 0 spiro atoms. The molecule has 1 N–H and O–H groups in total. The lowest BCUT2D eigenvalue weighted by Gasteiger charge is -2.26. The summed E-state index contributed by atoms with van der Waals surface area (Å²) in [4.78, 5) is 14.3. The number of amides is 1. The van der Waals surface area contributed by atoms with Gasteiger partial charge in [-0.3, -0.25) is 9.89 Å². The monoisotopic (exact) mass is 607 g/mol. The van der Waals surface area contributed by atoms with E-state index in [-0.39, 0.29) is 16.9 Å². The van der Waals surface area contributed by atoms with Crippen LogP contribution in [-0.2, 0) is 4.79 Å². The first kappa shape index (κ1) is 31.3. The molecular weight excluding hydrogens is 570 g/mol. The highest BCUT2D eigenvalue weighted by atomic mass is 19.4. The van der Waals surface area contributed by atoms with Crippen LogP contribution >= 0.6 is 0 Å². The van der Waals surface area contributed by atoms with Crippen LogP contribution in [0.1, 0.15) is 74.5 Å². The Morgan fingerprint density at radius 3 is 2.27 bits per heavy atom. The number of alkyl halides is 3. The Kier molecular flexibility index (Phi) is 10.4. The summed E-state index contributed by atoms with van der Waals surface area (Å²) in [5, 5.41) is 6.42. The number of rotatable bonds is 12. The number of hydrogen-bond acceptors (Lipinski definition) is 3. The molecule has 0 bridgehead atoms. The van der Waals surface area contributed by atoms with E-state index in [0.717, 1.165) is 51.6 Å². The standard InChI is InChI=1S/C35H37F4N3O2/c36-34-29-23-27(16-19-31(29)40-41-34)33(30(24-35(37,38)39)25-11-5-3-6-12-25)26-14-17-28(18-15-26)44-22-10-2-1-7-13-32(43)42-20-8-4-9-21-42/h3,5-6,11-12,14-19,23H,1-2,4,7-10,13,20-22,24H2,(H,40,41)/b33-30+. The van der Waals surface area contributed by atoms with Gasteiger partial charge < -0.3 is 9.64 Å². The Morgan fingerprint density at radius 1 is 0.841 bits per heavy atom. The molecule has 2 heterocycles.